The number of carbonyl (C=O) groups excluding carboxylic acids is 1. The van der Waals surface area contributed by atoms with Crippen molar-refractivity contribution in [3.63, 3.8) is 0 Å². The monoisotopic (exact) mass is 370 g/mol. The van der Waals surface area contributed by atoms with E-state index < -0.39 is 12.1 Å². The number of rotatable bonds is 8. The molecule has 0 amide bonds. The number of allylic oxidation sites excluding steroid dienone is 1. The summed E-state index contributed by atoms with van der Waals surface area (Å²) >= 11 is 0. The van der Waals surface area contributed by atoms with E-state index in [0.717, 1.165) is 11.1 Å². The van der Waals surface area contributed by atoms with Gasteiger partial charge in [-0.1, -0.05) is 30.3 Å². The third-order valence-corrected chi connectivity index (χ3v) is 4.57. The maximum absolute atomic E-state index is 12.5. The predicted molar refractivity (Wildman–Crippen MR) is 104 cm³/mol. The molecule has 0 saturated heterocycles. The maximum Gasteiger partial charge on any atom is 0.334 e. The van der Waals surface area contributed by atoms with Crippen LogP contribution in [0.25, 0.3) is 0 Å². The molecule has 0 aliphatic rings. The summed E-state index contributed by atoms with van der Waals surface area (Å²) in [5.74, 6) is -0.341. The average Bonchev–Trinajstić information content (AvgIpc) is 2.68. The number of hydrogen-bond acceptors (Lipinski definition) is 5. The number of esters is 1. The topological polar surface area (TPSA) is 87.0 Å². The smallest absolute Gasteiger partial charge is 0.334 e. The molecule has 0 spiro atoms. The molecule has 2 aromatic carbocycles. The molecule has 2 unspecified atom stereocenters. The summed E-state index contributed by atoms with van der Waals surface area (Å²) in [7, 11) is 0. The molecule has 0 saturated carbocycles. The summed E-state index contributed by atoms with van der Waals surface area (Å²) in [6.07, 6.45) is 2.23. The van der Waals surface area contributed by atoms with Crippen LogP contribution >= 0.6 is 0 Å². The Hall–Kier alpha value is -2.79. The Morgan fingerprint density at radius 3 is 2.00 bits per heavy atom. The lowest BCUT2D eigenvalue weighted by molar-refractivity contribution is -0.146. The fraction of sp³-hybridized carbons (Fsp3) is 0.318. The Kier molecular flexibility index (Phi) is 7.44. The second-order valence-electron chi connectivity index (χ2n) is 6.45. The molecule has 0 heterocycles. The van der Waals surface area contributed by atoms with Gasteiger partial charge in [-0.2, -0.15) is 0 Å². The Labute approximate surface area is 159 Å². The lowest BCUT2D eigenvalue weighted by atomic mass is 9.85. The van der Waals surface area contributed by atoms with Crippen LogP contribution in [-0.2, 0) is 9.53 Å². The van der Waals surface area contributed by atoms with Crippen LogP contribution in [0.4, 0.5) is 0 Å². The number of phenols is 2. The number of aliphatic hydroxyl groups is 1. The maximum atomic E-state index is 12.5. The molecule has 0 aromatic heterocycles. The minimum Gasteiger partial charge on any atom is -0.508 e. The zero-order valence-electron chi connectivity index (χ0n) is 15.6. The molecule has 5 heteroatoms. The van der Waals surface area contributed by atoms with Gasteiger partial charge in [-0.05, 0) is 62.1 Å². The second kappa shape index (κ2) is 9.78. The van der Waals surface area contributed by atoms with Gasteiger partial charge in [0.1, 0.15) is 17.6 Å². The number of phenolic OH excluding ortho intramolecular Hbond substituents is 2. The molecule has 0 fully saturated rings. The van der Waals surface area contributed by atoms with Crippen molar-refractivity contribution in [3.05, 3.63) is 71.3 Å². The first-order chi connectivity index (χ1) is 13.0. The van der Waals surface area contributed by atoms with E-state index in [4.69, 9.17) is 4.74 Å². The Morgan fingerprint density at radius 1 is 1.00 bits per heavy atom. The van der Waals surface area contributed by atoms with Crippen molar-refractivity contribution in [3.8, 4) is 11.5 Å². The lowest BCUT2D eigenvalue weighted by Gasteiger charge is -2.28. The van der Waals surface area contributed by atoms with Gasteiger partial charge in [0.25, 0.3) is 0 Å². The van der Waals surface area contributed by atoms with Crippen LogP contribution in [0.5, 0.6) is 11.5 Å². The molecule has 2 rings (SSSR count). The lowest BCUT2D eigenvalue weighted by Crippen LogP contribution is -2.20. The first-order valence-electron chi connectivity index (χ1n) is 8.99. The molecule has 0 bridgehead atoms. The number of benzene rings is 2. The van der Waals surface area contributed by atoms with Gasteiger partial charge in [-0.15, -0.1) is 0 Å². The van der Waals surface area contributed by atoms with Gasteiger partial charge >= 0.3 is 5.97 Å². The highest BCUT2D eigenvalue weighted by atomic mass is 16.5. The Morgan fingerprint density at radius 2 is 1.52 bits per heavy atom. The number of hydrogen-bond donors (Lipinski definition) is 3. The molecular weight excluding hydrogens is 344 g/mol. The van der Waals surface area contributed by atoms with Gasteiger partial charge in [0.15, 0.2) is 0 Å². The fourth-order valence-corrected chi connectivity index (χ4v) is 2.90. The fourth-order valence-electron chi connectivity index (χ4n) is 2.90. The van der Waals surface area contributed by atoms with Crippen LogP contribution in [0.15, 0.2) is 60.2 Å². The largest absolute Gasteiger partial charge is 0.508 e. The number of aliphatic hydroxyl groups excluding tert-OH is 1. The van der Waals surface area contributed by atoms with Crippen LogP contribution in [0.1, 0.15) is 49.8 Å². The van der Waals surface area contributed by atoms with Crippen LogP contribution in [0.3, 0.4) is 0 Å². The number of aromatic hydroxyl groups is 2. The molecule has 0 aliphatic carbocycles. The summed E-state index contributed by atoms with van der Waals surface area (Å²) in [5, 5.41) is 28.5. The Balaban J connectivity index is 2.45. The first kappa shape index (κ1) is 20.5. The molecule has 2 aromatic rings. The van der Waals surface area contributed by atoms with Crippen molar-refractivity contribution in [1.82, 2.24) is 0 Å². The quantitative estimate of drug-likeness (QED) is 0.479. The van der Waals surface area contributed by atoms with Crippen LogP contribution < -0.4 is 0 Å². The minimum atomic E-state index is -0.593. The van der Waals surface area contributed by atoms with E-state index in [1.165, 1.54) is 0 Å². The zero-order chi connectivity index (χ0) is 19.8. The standard InChI is InChI=1S/C22H26O5/c1-3-15(2)22(26)27-21(17-8-12-19(25)13-9-17)20(5-4-14-23)16-6-10-18(24)11-7-16/h3,6-13,20-21,23-25H,4-5,14H2,1-2H3. The molecular formula is C22H26O5. The third kappa shape index (κ3) is 5.59. The van der Waals surface area contributed by atoms with E-state index in [1.54, 1.807) is 68.5 Å². The number of ether oxygens (including phenoxy) is 1. The molecule has 5 nitrogen and oxygen atoms in total. The highest BCUT2D eigenvalue weighted by molar-refractivity contribution is 5.87. The van der Waals surface area contributed by atoms with Gasteiger partial charge in [0.2, 0.25) is 0 Å². The van der Waals surface area contributed by atoms with Crippen molar-refractivity contribution >= 4 is 5.97 Å². The summed E-state index contributed by atoms with van der Waals surface area (Å²) < 4.78 is 5.84. The summed E-state index contributed by atoms with van der Waals surface area (Å²) in [5.41, 5.74) is 2.15. The van der Waals surface area contributed by atoms with Crippen molar-refractivity contribution in [2.24, 2.45) is 0 Å². The SMILES string of the molecule is CC=C(C)C(=O)OC(c1ccc(O)cc1)C(CCCO)c1ccc(O)cc1. The van der Waals surface area contributed by atoms with E-state index in [2.05, 4.69) is 0 Å². The molecule has 144 valence electrons. The molecule has 2 atom stereocenters. The summed E-state index contributed by atoms with van der Waals surface area (Å²) in [4.78, 5) is 12.5. The first-order valence-corrected chi connectivity index (χ1v) is 8.99. The number of carbonyl (C=O) groups is 1. The summed E-state index contributed by atoms with van der Waals surface area (Å²) in [6.45, 7) is 3.49. The highest BCUT2D eigenvalue weighted by Gasteiger charge is 2.28. The van der Waals surface area contributed by atoms with Gasteiger partial charge < -0.3 is 20.1 Å². The normalized spacial score (nSPS) is 13.8. The van der Waals surface area contributed by atoms with Crippen molar-refractivity contribution in [1.29, 1.82) is 0 Å². The van der Waals surface area contributed by atoms with Gasteiger partial charge in [-0.3, -0.25) is 0 Å². The average molecular weight is 370 g/mol. The van der Waals surface area contributed by atoms with E-state index in [9.17, 15) is 20.1 Å². The van der Waals surface area contributed by atoms with Crippen molar-refractivity contribution in [2.45, 2.75) is 38.7 Å². The molecule has 0 radical (unpaired) electrons. The van der Waals surface area contributed by atoms with E-state index in [0.29, 0.717) is 18.4 Å². The van der Waals surface area contributed by atoms with Gasteiger partial charge in [0.05, 0.1) is 0 Å². The third-order valence-electron chi connectivity index (χ3n) is 4.57. The van der Waals surface area contributed by atoms with Gasteiger partial charge in [0, 0.05) is 18.1 Å². The zero-order valence-corrected chi connectivity index (χ0v) is 15.6. The predicted octanol–water partition coefficient (Wildman–Crippen LogP) is 4.20. The summed E-state index contributed by atoms with van der Waals surface area (Å²) in [6, 6.07) is 13.3. The minimum absolute atomic E-state index is 0.0265. The second-order valence-corrected chi connectivity index (χ2v) is 6.45. The molecule has 0 aliphatic heterocycles. The van der Waals surface area contributed by atoms with Crippen LogP contribution in [0.2, 0.25) is 0 Å². The van der Waals surface area contributed by atoms with Crippen molar-refractivity contribution in [2.75, 3.05) is 6.61 Å². The highest BCUT2D eigenvalue weighted by Crippen LogP contribution is 2.39. The Bertz CT molecular complexity index is 762. The molecule has 27 heavy (non-hydrogen) atoms. The van der Waals surface area contributed by atoms with Gasteiger partial charge in [-0.25, -0.2) is 4.79 Å². The van der Waals surface area contributed by atoms with E-state index in [-0.39, 0.29) is 24.0 Å². The van der Waals surface area contributed by atoms with Crippen molar-refractivity contribution < 1.29 is 24.9 Å². The van der Waals surface area contributed by atoms with Crippen LogP contribution in [-0.4, -0.2) is 27.9 Å². The van der Waals surface area contributed by atoms with Crippen LogP contribution in [0, 0.1) is 0 Å². The van der Waals surface area contributed by atoms with E-state index >= 15 is 0 Å². The van der Waals surface area contributed by atoms with E-state index in [1.807, 2.05) is 0 Å². The molecule has 3 N–H and O–H groups in total.